The van der Waals surface area contributed by atoms with Crippen LogP contribution in [0, 0.1) is 6.92 Å². The normalized spacial score (nSPS) is 10.5. The van der Waals surface area contributed by atoms with E-state index in [-0.39, 0.29) is 0 Å². The summed E-state index contributed by atoms with van der Waals surface area (Å²) in [6, 6.07) is 8.12. The van der Waals surface area contributed by atoms with Crippen LogP contribution in [0.4, 0.5) is 0 Å². The first-order chi connectivity index (χ1) is 9.79. The topological polar surface area (TPSA) is 35.0 Å². The minimum absolute atomic E-state index is 0.792. The average molecular weight is 270 g/mol. The lowest BCUT2D eigenvalue weighted by atomic mass is 10.1. The number of hydrogen-bond donors (Lipinski definition) is 0. The van der Waals surface area contributed by atoms with Crippen LogP contribution in [0.2, 0.25) is 0 Å². The molecule has 0 aliphatic carbocycles. The van der Waals surface area contributed by atoms with Gasteiger partial charge in [-0.25, -0.2) is 9.97 Å². The number of rotatable bonds is 7. The molecule has 1 aromatic heterocycles. The number of ether oxygens (including phenoxy) is 1. The lowest BCUT2D eigenvalue weighted by Gasteiger charge is -2.07. The van der Waals surface area contributed by atoms with Gasteiger partial charge in [0.05, 0.1) is 6.61 Å². The summed E-state index contributed by atoms with van der Waals surface area (Å²) >= 11 is 0. The molecule has 2 aromatic rings. The van der Waals surface area contributed by atoms with Gasteiger partial charge in [-0.3, -0.25) is 0 Å². The van der Waals surface area contributed by atoms with Crippen LogP contribution in [0.3, 0.4) is 0 Å². The van der Waals surface area contributed by atoms with Gasteiger partial charge in [0, 0.05) is 18.0 Å². The smallest absolute Gasteiger partial charge is 0.125 e. The maximum absolute atomic E-state index is 5.73. The molecule has 20 heavy (non-hydrogen) atoms. The van der Waals surface area contributed by atoms with E-state index in [0.717, 1.165) is 35.7 Å². The van der Waals surface area contributed by atoms with E-state index in [0.29, 0.717) is 0 Å². The molecule has 0 saturated heterocycles. The molecule has 0 spiro atoms. The van der Waals surface area contributed by atoms with Gasteiger partial charge in [-0.15, -0.1) is 0 Å². The highest BCUT2D eigenvalue weighted by Crippen LogP contribution is 2.21. The van der Waals surface area contributed by atoms with Gasteiger partial charge in [0.15, 0.2) is 0 Å². The first-order valence-electron chi connectivity index (χ1n) is 7.31. The SMILES string of the molecule is CCCCCCOc1ccc(-c2cnc(C)nc2)cc1. The van der Waals surface area contributed by atoms with Crippen LogP contribution in [-0.2, 0) is 0 Å². The van der Waals surface area contributed by atoms with Crippen molar-refractivity contribution in [2.24, 2.45) is 0 Å². The van der Waals surface area contributed by atoms with E-state index < -0.39 is 0 Å². The van der Waals surface area contributed by atoms with Crippen molar-refractivity contribution in [3.05, 3.63) is 42.5 Å². The molecule has 0 amide bonds. The van der Waals surface area contributed by atoms with Gasteiger partial charge < -0.3 is 4.74 Å². The van der Waals surface area contributed by atoms with Crippen molar-refractivity contribution in [2.45, 2.75) is 39.5 Å². The molecule has 1 aromatic carbocycles. The van der Waals surface area contributed by atoms with Gasteiger partial charge in [0.1, 0.15) is 11.6 Å². The summed E-state index contributed by atoms with van der Waals surface area (Å²) in [7, 11) is 0. The average Bonchev–Trinajstić information content (AvgIpc) is 2.49. The first kappa shape index (κ1) is 14.5. The van der Waals surface area contributed by atoms with Gasteiger partial charge in [-0.1, -0.05) is 38.3 Å². The third-order valence-electron chi connectivity index (χ3n) is 3.24. The highest BCUT2D eigenvalue weighted by atomic mass is 16.5. The molecule has 0 saturated carbocycles. The van der Waals surface area contributed by atoms with Crippen molar-refractivity contribution in [2.75, 3.05) is 6.61 Å². The van der Waals surface area contributed by atoms with E-state index in [2.05, 4.69) is 29.0 Å². The standard InChI is InChI=1S/C17H22N2O/c1-3-4-5-6-11-20-17-9-7-15(8-10-17)16-12-18-14(2)19-13-16/h7-10,12-13H,3-6,11H2,1-2H3. The fourth-order valence-electron chi connectivity index (χ4n) is 2.00. The number of benzene rings is 1. The second kappa shape index (κ2) is 7.63. The Balaban J connectivity index is 1.88. The fraction of sp³-hybridized carbons (Fsp3) is 0.412. The molecule has 0 bridgehead atoms. The zero-order valence-corrected chi connectivity index (χ0v) is 12.3. The molecular formula is C17H22N2O. The predicted octanol–water partition coefficient (Wildman–Crippen LogP) is 4.41. The molecule has 1 heterocycles. The molecule has 3 heteroatoms. The van der Waals surface area contributed by atoms with Gasteiger partial charge in [-0.2, -0.15) is 0 Å². The monoisotopic (exact) mass is 270 g/mol. The van der Waals surface area contributed by atoms with E-state index in [1.807, 2.05) is 31.5 Å². The molecule has 0 N–H and O–H groups in total. The van der Waals surface area contributed by atoms with Crippen LogP contribution in [0.25, 0.3) is 11.1 Å². The predicted molar refractivity (Wildman–Crippen MR) is 81.8 cm³/mol. The Morgan fingerprint density at radius 1 is 0.900 bits per heavy atom. The minimum Gasteiger partial charge on any atom is -0.494 e. The van der Waals surface area contributed by atoms with Crippen molar-refractivity contribution < 1.29 is 4.74 Å². The van der Waals surface area contributed by atoms with Crippen molar-refractivity contribution >= 4 is 0 Å². The molecule has 3 nitrogen and oxygen atoms in total. The summed E-state index contributed by atoms with van der Waals surface area (Å²) in [4.78, 5) is 8.43. The summed E-state index contributed by atoms with van der Waals surface area (Å²) < 4.78 is 5.73. The maximum Gasteiger partial charge on any atom is 0.125 e. The van der Waals surface area contributed by atoms with Crippen LogP contribution in [0.15, 0.2) is 36.7 Å². The molecule has 0 atom stereocenters. The van der Waals surface area contributed by atoms with Crippen LogP contribution in [0.1, 0.15) is 38.4 Å². The Hall–Kier alpha value is -1.90. The third-order valence-corrected chi connectivity index (χ3v) is 3.24. The molecule has 2 rings (SSSR count). The molecule has 0 radical (unpaired) electrons. The van der Waals surface area contributed by atoms with Crippen molar-refractivity contribution in [1.82, 2.24) is 9.97 Å². The van der Waals surface area contributed by atoms with Crippen molar-refractivity contribution in [1.29, 1.82) is 0 Å². The van der Waals surface area contributed by atoms with Gasteiger partial charge in [0.25, 0.3) is 0 Å². The zero-order valence-electron chi connectivity index (χ0n) is 12.3. The number of nitrogens with zero attached hydrogens (tertiary/aromatic N) is 2. The molecule has 0 aliphatic rings. The summed E-state index contributed by atoms with van der Waals surface area (Å²) in [5.41, 5.74) is 2.15. The second-order valence-electron chi connectivity index (χ2n) is 4.95. The van der Waals surface area contributed by atoms with E-state index >= 15 is 0 Å². The Labute approximate surface area is 121 Å². The van der Waals surface area contributed by atoms with Crippen LogP contribution in [0.5, 0.6) is 5.75 Å². The highest BCUT2D eigenvalue weighted by Gasteiger charge is 2.00. The molecular weight excluding hydrogens is 248 g/mol. The number of unbranched alkanes of at least 4 members (excludes halogenated alkanes) is 3. The number of aromatic nitrogens is 2. The Morgan fingerprint density at radius 2 is 1.60 bits per heavy atom. The summed E-state index contributed by atoms with van der Waals surface area (Å²) in [5, 5.41) is 0. The van der Waals surface area contributed by atoms with E-state index in [1.165, 1.54) is 19.3 Å². The summed E-state index contributed by atoms with van der Waals surface area (Å²) in [5.74, 6) is 1.72. The number of hydrogen-bond acceptors (Lipinski definition) is 3. The fourth-order valence-corrected chi connectivity index (χ4v) is 2.00. The van der Waals surface area contributed by atoms with Crippen LogP contribution in [-0.4, -0.2) is 16.6 Å². The maximum atomic E-state index is 5.73. The van der Waals surface area contributed by atoms with E-state index in [9.17, 15) is 0 Å². The quantitative estimate of drug-likeness (QED) is 0.699. The largest absolute Gasteiger partial charge is 0.494 e. The highest BCUT2D eigenvalue weighted by molar-refractivity contribution is 5.62. The second-order valence-corrected chi connectivity index (χ2v) is 4.95. The Kier molecular flexibility index (Phi) is 5.54. The molecule has 0 fully saturated rings. The minimum atomic E-state index is 0.792. The van der Waals surface area contributed by atoms with Crippen molar-refractivity contribution in [3.63, 3.8) is 0 Å². The van der Waals surface area contributed by atoms with E-state index in [4.69, 9.17) is 4.74 Å². The molecule has 0 aliphatic heterocycles. The van der Waals surface area contributed by atoms with Crippen LogP contribution >= 0.6 is 0 Å². The lowest BCUT2D eigenvalue weighted by Crippen LogP contribution is -1.97. The molecule has 0 unspecified atom stereocenters. The van der Waals surface area contributed by atoms with Gasteiger partial charge >= 0.3 is 0 Å². The summed E-state index contributed by atoms with van der Waals surface area (Å²) in [6.45, 7) is 4.90. The third kappa shape index (κ3) is 4.34. The van der Waals surface area contributed by atoms with Crippen molar-refractivity contribution in [3.8, 4) is 16.9 Å². The lowest BCUT2D eigenvalue weighted by molar-refractivity contribution is 0.305. The summed E-state index contributed by atoms with van der Waals surface area (Å²) in [6.07, 6.45) is 8.62. The number of aryl methyl sites for hydroxylation is 1. The zero-order chi connectivity index (χ0) is 14.2. The molecule has 106 valence electrons. The van der Waals surface area contributed by atoms with Gasteiger partial charge in [0.2, 0.25) is 0 Å². The van der Waals surface area contributed by atoms with Gasteiger partial charge in [-0.05, 0) is 31.0 Å². The van der Waals surface area contributed by atoms with Crippen LogP contribution < -0.4 is 4.74 Å². The van der Waals surface area contributed by atoms with E-state index in [1.54, 1.807) is 0 Å². The first-order valence-corrected chi connectivity index (χ1v) is 7.31. The Bertz CT molecular complexity index is 506. The Morgan fingerprint density at radius 3 is 2.25 bits per heavy atom.